The maximum atomic E-state index is 4.45. The molecule has 0 unspecified atom stereocenters. The number of pyridine rings is 1. The van der Waals surface area contributed by atoms with Crippen LogP contribution in [0.25, 0.3) is 11.0 Å². The lowest BCUT2D eigenvalue weighted by atomic mass is 10.00. The fourth-order valence-corrected chi connectivity index (χ4v) is 2.53. The summed E-state index contributed by atoms with van der Waals surface area (Å²) in [5.41, 5.74) is 1.12. The van der Waals surface area contributed by atoms with Gasteiger partial charge in [-0.25, -0.2) is 4.98 Å². The van der Waals surface area contributed by atoms with E-state index in [0.717, 1.165) is 24.7 Å². The lowest BCUT2D eigenvalue weighted by Crippen LogP contribution is -2.32. The summed E-state index contributed by atoms with van der Waals surface area (Å²) in [6, 6.07) is 6.27. The molecule has 2 aromatic rings. The Bertz CT molecular complexity index is 469. The molecule has 1 fully saturated rings. The van der Waals surface area contributed by atoms with E-state index >= 15 is 0 Å². The highest BCUT2D eigenvalue weighted by atomic mass is 15.0. The zero-order valence-electron chi connectivity index (χ0n) is 9.39. The standard InChI is InChI=1S/C13H17N3/c1-3-11(9-14-6-1)10-16-8-5-12-4-2-7-15-13(12)16/h2,4-5,7-8,11,14H,1,3,6,9-10H2/t11-/m0/s1. The van der Waals surface area contributed by atoms with Crippen molar-refractivity contribution in [1.29, 1.82) is 0 Å². The van der Waals surface area contributed by atoms with Gasteiger partial charge in [-0.05, 0) is 50.0 Å². The Kier molecular flexibility index (Phi) is 2.62. The van der Waals surface area contributed by atoms with Crippen LogP contribution in [-0.2, 0) is 6.54 Å². The number of hydrogen-bond acceptors (Lipinski definition) is 2. The average Bonchev–Trinajstić information content (AvgIpc) is 2.74. The van der Waals surface area contributed by atoms with Gasteiger partial charge < -0.3 is 9.88 Å². The van der Waals surface area contributed by atoms with Crippen LogP contribution in [0.5, 0.6) is 0 Å². The van der Waals surface area contributed by atoms with Gasteiger partial charge in [0.05, 0.1) is 0 Å². The third-order valence-corrected chi connectivity index (χ3v) is 3.38. The third kappa shape index (κ3) is 1.83. The van der Waals surface area contributed by atoms with Gasteiger partial charge in [-0.1, -0.05) is 0 Å². The van der Waals surface area contributed by atoms with Gasteiger partial charge in [0.2, 0.25) is 0 Å². The van der Waals surface area contributed by atoms with Gasteiger partial charge in [-0.2, -0.15) is 0 Å². The highest BCUT2D eigenvalue weighted by Gasteiger charge is 2.14. The number of nitrogens with zero attached hydrogens (tertiary/aromatic N) is 2. The van der Waals surface area contributed by atoms with Gasteiger partial charge in [0.15, 0.2) is 0 Å². The SMILES string of the molecule is c1cnc2c(c1)ccn2C[C@H]1CCCNC1. The van der Waals surface area contributed by atoms with E-state index in [2.05, 4.69) is 33.2 Å². The van der Waals surface area contributed by atoms with E-state index in [1.165, 1.54) is 24.8 Å². The molecular weight excluding hydrogens is 198 g/mol. The van der Waals surface area contributed by atoms with Gasteiger partial charge in [0.25, 0.3) is 0 Å². The molecule has 0 spiro atoms. The van der Waals surface area contributed by atoms with Crippen LogP contribution in [0.15, 0.2) is 30.6 Å². The molecule has 84 valence electrons. The Labute approximate surface area is 95.5 Å². The zero-order chi connectivity index (χ0) is 10.8. The molecule has 0 bridgehead atoms. The summed E-state index contributed by atoms with van der Waals surface area (Å²) < 4.78 is 2.28. The minimum absolute atomic E-state index is 0.756. The smallest absolute Gasteiger partial charge is 0.139 e. The molecule has 3 heterocycles. The van der Waals surface area contributed by atoms with E-state index in [-0.39, 0.29) is 0 Å². The number of piperidine rings is 1. The van der Waals surface area contributed by atoms with Crippen molar-refractivity contribution in [2.45, 2.75) is 19.4 Å². The monoisotopic (exact) mass is 215 g/mol. The molecule has 0 aromatic carbocycles. The van der Waals surface area contributed by atoms with E-state index in [1.807, 2.05) is 12.3 Å². The molecule has 3 heteroatoms. The van der Waals surface area contributed by atoms with Crippen molar-refractivity contribution in [2.75, 3.05) is 13.1 Å². The fourth-order valence-electron chi connectivity index (χ4n) is 2.53. The van der Waals surface area contributed by atoms with Crippen LogP contribution < -0.4 is 5.32 Å². The largest absolute Gasteiger partial charge is 0.332 e. The fraction of sp³-hybridized carbons (Fsp3) is 0.462. The second-order valence-corrected chi connectivity index (χ2v) is 4.60. The van der Waals surface area contributed by atoms with Crippen LogP contribution >= 0.6 is 0 Å². The van der Waals surface area contributed by atoms with Crippen LogP contribution in [0, 0.1) is 5.92 Å². The van der Waals surface area contributed by atoms with E-state index in [4.69, 9.17) is 0 Å². The molecule has 1 saturated heterocycles. The van der Waals surface area contributed by atoms with Gasteiger partial charge >= 0.3 is 0 Å². The van der Waals surface area contributed by atoms with Crippen molar-refractivity contribution in [1.82, 2.24) is 14.9 Å². The Morgan fingerprint density at radius 1 is 1.44 bits per heavy atom. The van der Waals surface area contributed by atoms with Gasteiger partial charge in [0.1, 0.15) is 5.65 Å². The maximum Gasteiger partial charge on any atom is 0.139 e. The number of hydrogen-bond donors (Lipinski definition) is 1. The molecule has 0 amide bonds. The van der Waals surface area contributed by atoms with E-state index in [1.54, 1.807) is 0 Å². The Morgan fingerprint density at radius 3 is 3.31 bits per heavy atom. The Hall–Kier alpha value is -1.35. The van der Waals surface area contributed by atoms with Crippen LogP contribution in [0.2, 0.25) is 0 Å². The van der Waals surface area contributed by atoms with Crippen molar-refractivity contribution in [2.24, 2.45) is 5.92 Å². The van der Waals surface area contributed by atoms with Gasteiger partial charge in [0, 0.05) is 24.3 Å². The summed E-state index contributed by atoms with van der Waals surface area (Å²) in [7, 11) is 0. The van der Waals surface area contributed by atoms with Crippen LogP contribution in [0.1, 0.15) is 12.8 Å². The minimum atomic E-state index is 0.756. The summed E-state index contributed by atoms with van der Waals surface area (Å²) in [6.07, 6.45) is 6.67. The Balaban J connectivity index is 1.83. The molecule has 3 nitrogen and oxygen atoms in total. The second-order valence-electron chi connectivity index (χ2n) is 4.60. The first-order valence-corrected chi connectivity index (χ1v) is 6.04. The number of nitrogens with one attached hydrogen (secondary N) is 1. The predicted molar refractivity (Wildman–Crippen MR) is 65.3 cm³/mol. The summed E-state index contributed by atoms with van der Waals surface area (Å²) in [6.45, 7) is 3.42. The normalized spacial score (nSPS) is 21.4. The minimum Gasteiger partial charge on any atom is -0.332 e. The summed E-state index contributed by atoms with van der Waals surface area (Å²) in [5, 5.41) is 4.70. The molecule has 3 rings (SSSR count). The lowest BCUT2D eigenvalue weighted by Gasteiger charge is -2.23. The highest BCUT2D eigenvalue weighted by molar-refractivity contribution is 5.75. The van der Waals surface area contributed by atoms with Gasteiger partial charge in [-0.15, -0.1) is 0 Å². The lowest BCUT2D eigenvalue weighted by molar-refractivity contribution is 0.340. The molecule has 0 radical (unpaired) electrons. The van der Waals surface area contributed by atoms with Crippen LogP contribution in [0.4, 0.5) is 0 Å². The van der Waals surface area contributed by atoms with Crippen molar-refractivity contribution < 1.29 is 0 Å². The second kappa shape index (κ2) is 4.26. The molecule has 1 N–H and O–H groups in total. The van der Waals surface area contributed by atoms with Crippen molar-refractivity contribution in [3.05, 3.63) is 30.6 Å². The predicted octanol–water partition coefficient (Wildman–Crippen LogP) is 2.04. The van der Waals surface area contributed by atoms with E-state index in [0.29, 0.717) is 0 Å². The number of fused-ring (bicyclic) bond motifs is 1. The average molecular weight is 215 g/mol. The van der Waals surface area contributed by atoms with E-state index in [9.17, 15) is 0 Å². The molecule has 0 saturated carbocycles. The summed E-state index contributed by atoms with van der Waals surface area (Å²) >= 11 is 0. The highest BCUT2D eigenvalue weighted by Crippen LogP contribution is 2.17. The van der Waals surface area contributed by atoms with Crippen molar-refractivity contribution in [3.63, 3.8) is 0 Å². The molecule has 0 aliphatic carbocycles. The first-order chi connectivity index (χ1) is 7.93. The van der Waals surface area contributed by atoms with Crippen molar-refractivity contribution in [3.8, 4) is 0 Å². The van der Waals surface area contributed by atoms with E-state index < -0.39 is 0 Å². The van der Waals surface area contributed by atoms with Gasteiger partial charge in [-0.3, -0.25) is 0 Å². The molecule has 1 aliphatic rings. The summed E-state index contributed by atoms with van der Waals surface area (Å²) in [4.78, 5) is 4.45. The number of rotatable bonds is 2. The maximum absolute atomic E-state index is 4.45. The quantitative estimate of drug-likeness (QED) is 0.830. The topological polar surface area (TPSA) is 29.9 Å². The molecular formula is C13H17N3. The molecule has 1 atom stereocenters. The van der Waals surface area contributed by atoms with Crippen LogP contribution in [-0.4, -0.2) is 22.6 Å². The molecule has 2 aromatic heterocycles. The first-order valence-electron chi connectivity index (χ1n) is 6.04. The molecule has 16 heavy (non-hydrogen) atoms. The Morgan fingerprint density at radius 2 is 2.44 bits per heavy atom. The third-order valence-electron chi connectivity index (χ3n) is 3.38. The number of aromatic nitrogens is 2. The first kappa shape index (κ1) is 9.85. The van der Waals surface area contributed by atoms with Crippen molar-refractivity contribution >= 4 is 11.0 Å². The molecule has 1 aliphatic heterocycles. The summed E-state index contributed by atoms with van der Waals surface area (Å²) in [5.74, 6) is 0.756. The zero-order valence-corrected chi connectivity index (χ0v) is 9.39. The van der Waals surface area contributed by atoms with Crippen LogP contribution in [0.3, 0.4) is 0 Å².